The van der Waals surface area contributed by atoms with Gasteiger partial charge in [-0.15, -0.1) is 0 Å². The molecule has 0 unspecified atom stereocenters. The predicted octanol–water partition coefficient (Wildman–Crippen LogP) is 3.61. The van der Waals surface area contributed by atoms with Gasteiger partial charge in [-0.05, 0) is 30.7 Å². The van der Waals surface area contributed by atoms with Gasteiger partial charge in [-0.3, -0.25) is 4.79 Å². The van der Waals surface area contributed by atoms with Gasteiger partial charge in [-0.2, -0.15) is 0 Å². The lowest BCUT2D eigenvalue weighted by Crippen LogP contribution is -1.77. The molecule has 2 heteroatoms. The van der Waals surface area contributed by atoms with Crippen molar-refractivity contribution in [2.75, 3.05) is 0 Å². The van der Waals surface area contributed by atoms with Crippen molar-refractivity contribution >= 4 is 27.8 Å². The molecular weight excluding hydrogens is 240 g/mol. The number of hydrogen-bond donors (Lipinski definition) is 0. The van der Waals surface area contributed by atoms with E-state index in [9.17, 15) is 4.79 Å². The molecule has 0 atom stereocenters. The minimum atomic E-state index is 0.0606. The molecule has 0 aliphatic rings. The zero-order valence-electron chi connectivity index (χ0n) is 7.91. The van der Waals surface area contributed by atoms with Crippen molar-refractivity contribution in [2.24, 2.45) is 0 Å². The third kappa shape index (κ3) is 4.19. The standard InChI is InChI=1S/C12H11BrO/c1-10(14)4-2-3-5-11-6-8-12(13)9-7-11/h2-9H,1H3. The summed E-state index contributed by atoms with van der Waals surface area (Å²) in [5.41, 5.74) is 1.11. The maximum absolute atomic E-state index is 10.6. The van der Waals surface area contributed by atoms with Gasteiger partial charge in [0.05, 0.1) is 0 Å². The van der Waals surface area contributed by atoms with Crippen LogP contribution in [0.25, 0.3) is 6.08 Å². The van der Waals surface area contributed by atoms with Crippen LogP contribution in [0, 0.1) is 0 Å². The molecule has 0 bridgehead atoms. The Morgan fingerprint density at radius 1 is 1.21 bits per heavy atom. The highest BCUT2D eigenvalue weighted by Gasteiger charge is 1.85. The van der Waals surface area contributed by atoms with Crippen LogP contribution in [0.3, 0.4) is 0 Å². The molecule has 0 N–H and O–H groups in total. The fraction of sp³-hybridized carbons (Fsp3) is 0.0833. The number of carbonyl (C=O) groups excluding carboxylic acids is 1. The van der Waals surface area contributed by atoms with Crippen molar-refractivity contribution in [3.05, 3.63) is 52.5 Å². The summed E-state index contributed by atoms with van der Waals surface area (Å²) < 4.78 is 1.06. The molecule has 1 aromatic rings. The van der Waals surface area contributed by atoms with E-state index >= 15 is 0 Å². The molecule has 1 nitrogen and oxygen atoms in total. The Bertz CT molecular complexity index is 360. The van der Waals surface area contributed by atoms with Gasteiger partial charge >= 0.3 is 0 Å². The van der Waals surface area contributed by atoms with E-state index in [1.54, 1.807) is 6.08 Å². The molecule has 0 aliphatic carbocycles. The molecule has 72 valence electrons. The summed E-state index contributed by atoms with van der Waals surface area (Å²) in [7, 11) is 0. The zero-order chi connectivity index (χ0) is 10.4. The summed E-state index contributed by atoms with van der Waals surface area (Å²) in [5.74, 6) is 0.0606. The Kier molecular flexibility index (Phi) is 4.33. The minimum Gasteiger partial charge on any atom is -0.295 e. The van der Waals surface area contributed by atoms with E-state index in [2.05, 4.69) is 15.9 Å². The molecule has 0 amide bonds. The number of hydrogen-bond acceptors (Lipinski definition) is 1. The lowest BCUT2D eigenvalue weighted by Gasteiger charge is -1.91. The first-order valence-corrected chi connectivity index (χ1v) is 5.08. The van der Waals surface area contributed by atoms with Crippen LogP contribution in [0.4, 0.5) is 0 Å². The van der Waals surface area contributed by atoms with Crippen LogP contribution in [0.2, 0.25) is 0 Å². The molecule has 0 saturated carbocycles. The van der Waals surface area contributed by atoms with Gasteiger partial charge in [0.15, 0.2) is 5.78 Å². The first-order valence-electron chi connectivity index (χ1n) is 4.29. The fourth-order valence-electron chi connectivity index (χ4n) is 0.932. The van der Waals surface area contributed by atoms with Gasteiger partial charge < -0.3 is 0 Å². The van der Waals surface area contributed by atoms with Crippen molar-refractivity contribution in [3.8, 4) is 0 Å². The zero-order valence-corrected chi connectivity index (χ0v) is 9.49. The van der Waals surface area contributed by atoms with E-state index in [0.29, 0.717) is 0 Å². The first-order chi connectivity index (χ1) is 6.68. The van der Waals surface area contributed by atoms with Crippen LogP contribution in [-0.4, -0.2) is 5.78 Å². The second kappa shape index (κ2) is 5.55. The van der Waals surface area contributed by atoms with Crippen molar-refractivity contribution < 1.29 is 4.79 Å². The van der Waals surface area contributed by atoms with E-state index < -0.39 is 0 Å². The van der Waals surface area contributed by atoms with E-state index in [1.165, 1.54) is 13.0 Å². The SMILES string of the molecule is CC(=O)C=CC=Cc1ccc(Br)cc1. The number of ketones is 1. The fourth-order valence-corrected chi connectivity index (χ4v) is 1.20. The first kappa shape index (κ1) is 10.9. The van der Waals surface area contributed by atoms with Crippen LogP contribution in [0.15, 0.2) is 47.0 Å². The molecule has 0 fully saturated rings. The van der Waals surface area contributed by atoms with Crippen LogP contribution >= 0.6 is 15.9 Å². The summed E-state index contributed by atoms with van der Waals surface area (Å²) in [6.07, 6.45) is 7.08. The Hall–Kier alpha value is -1.15. The predicted molar refractivity (Wildman–Crippen MR) is 63.0 cm³/mol. The molecular formula is C12H11BrO. The third-order valence-electron chi connectivity index (χ3n) is 1.60. The van der Waals surface area contributed by atoms with Crippen molar-refractivity contribution in [3.63, 3.8) is 0 Å². The summed E-state index contributed by atoms with van der Waals surface area (Å²) in [6.45, 7) is 1.53. The maximum atomic E-state index is 10.6. The smallest absolute Gasteiger partial charge is 0.152 e. The number of allylic oxidation sites excluding steroid dienone is 3. The number of carbonyl (C=O) groups is 1. The maximum Gasteiger partial charge on any atom is 0.152 e. The van der Waals surface area contributed by atoms with Gasteiger partial charge in [0.25, 0.3) is 0 Å². The molecule has 0 spiro atoms. The second-order valence-electron chi connectivity index (χ2n) is 2.88. The number of rotatable bonds is 3. The Balaban J connectivity index is 2.60. The third-order valence-corrected chi connectivity index (χ3v) is 2.13. The van der Waals surface area contributed by atoms with E-state index in [4.69, 9.17) is 0 Å². The molecule has 0 radical (unpaired) electrons. The van der Waals surface area contributed by atoms with E-state index in [1.807, 2.05) is 36.4 Å². The molecule has 0 aliphatic heterocycles. The number of benzene rings is 1. The number of halogens is 1. The highest BCUT2D eigenvalue weighted by molar-refractivity contribution is 9.10. The molecule has 0 heterocycles. The Morgan fingerprint density at radius 3 is 2.43 bits per heavy atom. The van der Waals surface area contributed by atoms with E-state index in [0.717, 1.165) is 10.0 Å². The Labute approximate surface area is 92.3 Å². The molecule has 14 heavy (non-hydrogen) atoms. The van der Waals surface area contributed by atoms with Crippen LogP contribution in [0.1, 0.15) is 12.5 Å². The summed E-state index contributed by atoms with van der Waals surface area (Å²) in [6, 6.07) is 7.97. The largest absolute Gasteiger partial charge is 0.295 e. The highest BCUT2D eigenvalue weighted by atomic mass is 79.9. The van der Waals surface area contributed by atoms with Crippen molar-refractivity contribution in [1.29, 1.82) is 0 Å². The molecule has 1 aromatic carbocycles. The molecule has 1 rings (SSSR count). The van der Waals surface area contributed by atoms with Crippen molar-refractivity contribution in [2.45, 2.75) is 6.92 Å². The van der Waals surface area contributed by atoms with Crippen molar-refractivity contribution in [1.82, 2.24) is 0 Å². The van der Waals surface area contributed by atoms with Gasteiger partial charge in [0, 0.05) is 4.47 Å². The van der Waals surface area contributed by atoms with Crippen LogP contribution < -0.4 is 0 Å². The average Bonchev–Trinajstić information content (AvgIpc) is 2.15. The topological polar surface area (TPSA) is 17.1 Å². The quantitative estimate of drug-likeness (QED) is 0.592. The lowest BCUT2D eigenvalue weighted by atomic mass is 10.2. The summed E-state index contributed by atoms with van der Waals surface area (Å²) >= 11 is 3.36. The minimum absolute atomic E-state index is 0.0606. The summed E-state index contributed by atoms with van der Waals surface area (Å²) in [5, 5.41) is 0. The lowest BCUT2D eigenvalue weighted by molar-refractivity contribution is -0.112. The van der Waals surface area contributed by atoms with Gasteiger partial charge in [-0.1, -0.05) is 46.3 Å². The van der Waals surface area contributed by atoms with Gasteiger partial charge in [0.1, 0.15) is 0 Å². The van der Waals surface area contributed by atoms with Crippen LogP contribution in [0.5, 0.6) is 0 Å². The molecule has 0 aromatic heterocycles. The van der Waals surface area contributed by atoms with Crippen LogP contribution in [-0.2, 0) is 4.79 Å². The van der Waals surface area contributed by atoms with E-state index in [-0.39, 0.29) is 5.78 Å². The van der Waals surface area contributed by atoms with Gasteiger partial charge in [0.2, 0.25) is 0 Å². The highest BCUT2D eigenvalue weighted by Crippen LogP contribution is 2.11. The average molecular weight is 251 g/mol. The monoisotopic (exact) mass is 250 g/mol. The summed E-state index contributed by atoms with van der Waals surface area (Å²) in [4.78, 5) is 10.6. The Morgan fingerprint density at radius 2 is 1.86 bits per heavy atom. The molecule has 0 saturated heterocycles. The van der Waals surface area contributed by atoms with Gasteiger partial charge in [-0.25, -0.2) is 0 Å². The second-order valence-corrected chi connectivity index (χ2v) is 3.80. The normalized spacial score (nSPS) is 11.3.